The summed E-state index contributed by atoms with van der Waals surface area (Å²) < 4.78 is 16.1. The molecule has 0 heterocycles. The number of esters is 1. The van der Waals surface area contributed by atoms with Crippen LogP contribution >= 0.6 is 7.60 Å². The van der Waals surface area contributed by atoms with Gasteiger partial charge in [0.15, 0.2) is 0 Å². The van der Waals surface area contributed by atoms with Gasteiger partial charge in [-0.1, -0.05) is 24.8 Å². The third-order valence-electron chi connectivity index (χ3n) is 2.26. The highest BCUT2D eigenvalue weighted by Crippen LogP contribution is 2.34. The predicted molar refractivity (Wildman–Crippen MR) is 67.6 cm³/mol. The fourth-order valence-electron chi connectivity index (χ4n) is 1.38. The molecular weight excluding hydrogens is 255 g/mol. The Balaban J connectivity index is 2.72. The normalized spacial score (nSPS) is 11.1. The highest BCUT2D eigenvalue weighted by Gasteiger charge is 2.20. The number of benzene rings is 1. The van der Waals surface area contributed by atoms with E-state index in [2.05, 4.69) is 6.58 Å². The van der Waals surface area contributed by atoms with Gasteiger partial charge in [0.05, 0.1) is 11.9 Å². The van der Waals surface area contributed by atoms with Crippen molar-refractivity contribution in [1.82, 2.24) is 0 Å². The summed E-state index contributed by atoms with van der Waals surface area (Å²) in [5.74, 6) is -0.510. The minimum absolute atomic E-state index is 0.0311. The Labute approximate surface area is 105 Å². The number of rotatable bonds is 5. The quantitative estimate of drug-likeness (QED) is 0.476. The molecule has 0 saturated carbocycles. The lowest BCUT2D eigenvalue weighted by Crippen LogP contribution is -2.14. The van der Waals surface area contributed by atoms with Crippen molar-refractivity contribution >= 4 is 18.9 Å². The van der Waals surface area contributed by atoms with Crippen molar-refractivity contribution in [2.75, 3.05) is 6.61 Å². The van der Waals surface area contributed by atoms with Crippen molar-refractivity contribution in [1.29, 1.82) is 0 Å². The molecule has 1 aromatic carbocycles. The maximum atomic E-state index is 11.2. The summed E-state index contributed by atoms with van der Waals surface area (Å²) in [4.78, 5) is 29.5. The molecule has 0 aliphatic rings. The van der Waals surface area contributed by atoms with Gasteiger partial charge in [-0.3, -0.25) is 4.57 Å². The van der Waals surface area contributed by atoms with E-state index in [9.17, 15) is 9.36 Å². The molecule has 0 spiro atoms. The van der Waals surface area contributed by atoms with E-state index in [0.29, 0.717) is 11.1 Å². The highest BCUT2D eigenvalue weighted by atomic mass is 31.2. The van der Waals surface area contributed by atoms with Gasteiger partial charge in [-0.05, 0) is 18.6 Å². The van der Waals surface area contributed by atoms with Gasteiger partial charge in [-0.25, -0.2) is 4.79 Å². The monoisotopic (exact) mass is 270 g/mol. The molecule has 5 nitrogen and oxygen atoms in total. The van der Waals surface area contributed by atoms with Gasteiger partial charge >= 0.3 is 13.6 Å². The topological polar surface area (TPSA) is 83.8 Å². The second-order valence-electron chi connectivity index (χ2n) is 3.84. The average Bonchev–Trinajstić information content (AvgIpc) is 2.28. The van der Waals surface area contributed by atoms with Crippen LogP contribution in [0, 0.1) is 0 Å². The Kier molecular flexibility index (Phi) is 4.84. The summed E-state index contributed by atoms with van der Waals surface area (Å²) >= 11 is 0. The van der Waals surface area contributed by atoms with Crippen LogP contribution in [0.15, 0.2) is 36.4 Å². The number of carbonyl (C=O) groups excluding carboxylic acids is 1. The van der Waals surface area contributed by atoms with Crippen molar-refractivity contribution in [2.24, 2.45) is 0 Å². The lowest BCUT2D eigenvalue weighted by Gasteiger charge is -2.10. The highest BCUT2D eigenvalue weighted by molar-refractivity contribution is 7.60. The Morgan fingerprint density at radius 1 is 1.39 bits per heavy atom. The summed E-state index contributed by atoms with van der Waals surface area (Å²) in [5, 5.41) is -0.0311. The van der Waals surface area contributed by atoms with Crippen molar-refractivity contribution in [3.05, 3.63) is 42.0 Å². The maximum Gasteiger partial charge on any atom is 0.356 e. The molecular formula is C12H15O5P. The molecule has 0 amide bonds. The first-order valence-electron chi connectivity index (χ1n) is 5.29. The largest absolute Gasteiger partial charge is 0.462 e. The molecule has 98 valence electrons. The fourth-order valence-corrected chi connectivity index (χ4v) is 2.22. The Morgan fingerprint density at radius 2 is 2.00 bits per heavy atom. The third kappa shape index (κ3) is 4.11. The van der Waals surface area contributed by atoms with Crippen LogP contribution in [0.3, 0.4) is 0 Å². The fraction of sp³-hybridized carbons (Fsp3) is 0.250. The molecule has 1 rings (SSSR count). The van der Waals surface area contributed by atoms with E-state index >= 15 is 0 Å². The van der Waals surface area contributed by atoms with Gasteiger partial charge in [0.2, 0.25) is 0 Å². The van der Waals surface area contributed by atoms with Gasteiger partial charge in [-0.2, -0.15) is 0 Å². The molecule has 0 saturated heterocycles. The molecule has 0 aliphatic heterocycles. The molecule has 0 unspecified atom stereocenters. The van der Waals surface area contributed by atoms with Gasteiger partial charge in [0.1, 0.15) is 0 Å². The van der Waals surface area contributed by atoms with E-state index in [1.165, 1.54) is 13.0 Å². The predicted octanol–water partition coefficient (Wildman–Crippen LogP) is 1.15. The second-order valence-corrected chi connectivity index (χ2v) is 5.41. The molecule has 0 bridgehead atoms. The zero-order valence-corrected chi connectivity index (χ0v) is 10.9. The molecule has 2 N–H and O–H groups in total. The van der Waals surface area contributed by atoms with Crippen LogP contribution in [0.4, 0.5) is 0 Å². The first-order chi connectivity index (χ1) is 8.32. The van der Waals surface area contributed by atoms with Crippen molar-refractivity contribution in [3.8, 4) is 0 Å². The maximum absolute atomic E-state index is 11.2. The van der Waals surface area contributed by atoms with Crippen LogP contribution < -0.4 is 5.30 Å². The number of ether oxygens (including phenoxy) is 1. The second kappa shape index (κ2) is 5.96. The number of hydrogen-bond acceptors (Lipinski definition) is 3. The van der Waals surface area contributed by atoms with Crippen molar-refractivity contribution < 1.29 is 23.9 Å². The van der Waals surface area contributed by atoms with Crippen molar-refractivity contribution in [2.45, 2.75) is 13.3 Å². The standard InChI is InChI=1S/C12H15O5P/c1-9(2)12(13)17-8-7-10-5-3-4-6-11(10)18(14,15)16/h3-6H,1,7-8H2,2H3,(H2,14,15,16). The third-order valence-corrected chi connectivity index (χ3v) is 3.32. The van der Waals surface area contributed by atoms with Crippen molar-refractivity contribution in [3.63, 3.8) is 0 Å². The summed E-state index contributed by atoms with van der Waals surface area (Å²) in [6, 6.07) is 6.20. The molecule has 0 fully saturated rings. The molecule has 0 aromatic heterocycles. The summed E-state index contributed by atoms with van der Waals surface area (Å²) in [6.07, 6.45) is 0.250. The average molecular weight is 270 g/mol. The van der Waals surface area contributed by atoms with E-state index < -0.39 is 13.6 Å². The zero-order chi connectivity index (χ0) is 13.8. The van der Waals surface area contributed by atoms with Gasteiger partial charge < -0.3 is 14.5 Å². The van der Waals surface area contributed by atoms with E-state index in [0.717, 1.165) is 0 Å². The Hall–Kier alpha value is -1.42. The number of hydrogen-bond donors (Lipinski definition) is 2. The minimum atomic E-state index is -4.30. The molecule has 18 heavy (non-hydrogen) atoms. The Morgan fingerprint density at radius 3 is 2.56 bits per heavy atom. The lowest BCUT2D eigenvalue weighted by atomic mass is 10.2. The van der Waals surface area contributed by atoms with E-state index in [4.69, 9.17) is 14.5 Å². The molecule has 6 heteroatoms. The van der Waals surface area contributed by atoms with Gasteiger partial charge in [-0.15, -0.1) is 0 Å². The number of carbonyl (C=O) groups is 1. The molecule has 0 aliphatic carbocycles. The SMILES string of the molecule is C=C(C)C(=O)OCCc1ccccc1P(=O)(O)O. The van der Waals surface area contributed by atoms with E-state index in [1.807, 2.05) is 0 Å². The van der Waals surface area contributed by atoms with Gasteiger partial charge in [0, 0.05) is 12.0 Å². The summed E-state index contributed by atoms with van der Waals surface area (Å²) in [7, 11) is -4.30. The minimum Gasteiger partial charge on any atom is -0.462 e. The van der Waals surface area contributed by atoms with E-state index in [-0.39, 0.29) is 18.3 Å². The van der Waals surface area contributed by atoms with Gasteiger partial charge in [0.25, 0.3) is 0 Å². The molecule has 0 radical (unpaired) electrons. The van der Waals surface area contributed by atoms with Crippen LogP contribution in [-0.2, 0) is 20.5 Å². The molecule has 0 atom stereocenters. The summed E-state index contributed by atoms with van der Waals surface area (Å²) in [5.41, 5.74) is 0.763. The van der Waals surface area contributed by atoms with Crippen LogP contribution in [0.2, 0.25) is 0 Å². The van der Waals surface area contributed by atoms with Crippen LogP contribution in [0.5, 0.6) is 0 Å². The van der Waals surface area contributed by atoms with Crippen LogP contribution in [0.25, 0.3) is 0 Å². The lowest BCUT2D eigenvalue weighted by molar-refractivity contribution is -0.138. The first kappa shape index (κ1) is 14.6. The van der Waals surface area contributed by atoms with Crippen LogP contribution in [0.1, 0.15) is 12.5 Å². The smallest absolute Gasteiger partial charge is 0.356 e. The zero-order valence-electron chi connectivity index (χ0n) is 10.00. The van der Waals surface area contributed by atoms with Crippen LogP contribution in [-0.4, -0.2) is 22.4 Å². The summed E-state index contributed by atoms with van der Waals surface area (Å²) in [6.45, 7) is 5.03. The van der Waals surface area contributed by atoms with E-state index in [1.54, 1.807) is 18.2 Å². The Bertz CT molecular complexity index is 503. The molecule has 1 aromatic rings. The first-order valence-corrected chi connectivity index (χ1v) is 6.90.